The van der Waals surface area contributed by atoms with E-state index in [4.69, 9.17) is 5.26 Å². The SMILES string of the molecule is N#Cc1nnn(-c2ccc(O)cc2)c1-c1ccc(F)c(F)c1F. The van der Waals surface area contributed by atoms with Gasteiger partial charge in [0, 0.05) is 5.56 Å². The van der Waals surface area contributed by atoms with Gasteiger partial charge in [0.25, 0.3) is 0 Å². The zero-order chi connectivity index (χ0) is 16.6. The standard InChI is InChI=1S/C15H7F3N4O/c16-11-6-5-10(13(17)14(11)18)15-12(7-19)20-21-22(15)8-1-3-9(23)4-2-8/h1-6,23H. The minimum atomic E-state index is -1.65. The van der Waals surface area contributed by atoms with Gasteiger partial charge in [0.05, 0.1) is 5.69 Å². The maximum absolute atomic E-state index is 14.1. The lowest BCUT2D eigenvalue weighted by atomic mass is 10.1. The van der Waals surface area contributed by atoms with Gasteiger partial charge in [0.15, 0.2) is 23.1 Å². The number of hydrogen-bond acceptors (Lipinski definition) is 4. The lowest BCUT2D eigenvalue weighted by Crippen LogP contribution is -2.03. The highest BCUT2D eigenvalue weighted by Gasteiger charge is 2.23. The van der Waals surface area contributed by atoms with E-state index in [1.165, 1.54) is 24.3 Å². The molecule has 3 rings (SSSR count). The number of aromatic nitrogens is 3. The van der Waals surface area contributed by atoms with Crippen LogP contribution in [0.25, 0.3) is 16.9 Å². The fourth-order valence-electron chi connectivity index (χ4n) is 2.08. The molecule has 2 aromatic carbocycles. The van der Waals surface area contributed by atoms with Crippen molar-refractivity contribution in [2.24, 2.45) is 0 Å². The van der Waals surface area contributed by atoms with Gasteiger partial charge in [-0.1, -0.05) is 5.21 Å². The van der Waals surface area contributed by atoms with E-state index in [0.717, 1.165) is 16.8 Å². The summed E-state index contributed by atoms with van der Waals surface area (Å²) in [6.07, 6.45) is 0. The number of benzene rings is 2. The van der Waals surface area contributed by atoms with Crippen molar-refractivity contribution in [1.82, 2.24) is 15.0 Å². The second kappa shape index (κ2) is 5.46. The van der Waals surface area contributed by atoms with E-state index in [-0.39, 0.29) is 22.7 Å². The Kier molecular flexibility index (Phi) is 3.46. The predicted molar refractivity (Wildman–Crippen MR) is 73.0 cm³/mol. The van der Waals surface area contributed by atoms with Crippen molar-refractivity contribution in [2.45, 2.75) is 0 Å². The van der Waals surface area contributed by atoms with Crippen molar-refractivity contribution >= 4 is 0 Å². The van der Waals surface area contributed by atoms with Gasteiger partial charge in [-0.25, -0.2) is 17.9 Å². The van der Waals surface area contributed by atoms with Gasteiger partial charge in [0.1, 0.15) is 17.5 Å². The minimum absolute atomic E-state index is 0.00470. The van der Waals surface area contributed by atoms with Crippen LogP contribution in [0.15, 0.2) is 36.4 Å². The van der Waals surface area contributed by atoms with Crippen molar-refractivity contribution in [1.29, 1.82) is 5.26 Å². The van der Waals surface area contributed by atoms with Crippen LogP contribution in [-0.2, 0) is 0 Å². The zero-order valence-electron chi connectivity index (χ0n) is 11.3. The van der Waals surface area contributed by atoms with Gasteiger partial charge >= 0.3 is 0 Å². The average molecular weight is 316 g/mol. The van der Waals surface area contributed by atoms with Gasteiger partial charge in [-0.15, -0.1) is 5.10 Å². The Morgan fingerprint density at radius 3 is 2.35 bits per heavy atom. The van der Waals surface area contributed by atoms with Crippen LogP contribution in [0.1, 0.15) is 5.69 Å². The zero-order valence-corrected chi connectivity index (χ0v) is 11.3. The van der Waals surface area contributed by atoms with Crippen molar-refractivity contribution in [3.8, 4) is 28.8 Å². The Balaban J connectivity index is 2.27. The topological polar surface area (TPSA) is 74.7 Å². The van der Waals surface area contributed by atoms with E-state index in [9.17, 15) is 18.3 Å². The number of hydrogen-bond donors (Lipinski definition) is 1. The summed E-state index contributed by atoms with van der Waals surface area (Å²) < 4.78 is 41.8. The van der Waals surface area contributed by atoms with Crippen LogP contribution in [0.4, 0.5) is 13.2 Å². The molecule has 0 saturated heterocycles. The summed E-state index contributed by atoms with van der Waals surface area (Å²) in [7, 11) is 0. The summed E-state index contributed by atoms with van der Waals surface area (Å²) in [6.45, 7) is 0. The predicted octanol–water partition coefficient (Wildman–Crippen LogP) is 2.93. The molecule has 0 bridgehead atoms. The highest BCUT2D eigenvalue weighted by atomic mass is 19.2. The normalized spacial score (nSPS) is 10.5. The van der Waals surface area contributed by atoms with Gasteiger partial charge in [-0.3, -0.25) is 0 Å². The molecule has 0 aliphatic rings. The van der Waals surface area contributed by atoms with Crippen molar-refractivity contribution in [3.05, 3.63) is 59.5 Å². The molecule has 0 fully saturated rings. The number of nitriles is 1. The van der Waals surface area contributed by atoms with E-state index in [1.807, 2.05) is 0 Å². The average Bonchev–Trinajstić information content (AvgIpc) is 2.97. The van der Waals surface area contributed by atoms with Crippen LogP contribution in [0.5, 0.6) is 5.75 Å². The Bertz CT molecular complexity index is 929. The molecule has 23 heavy (non-hydrogen) atoms. The van der Waals surface area contributed by atoms with Crippen LogP contribution in [0.2, 0.25) is 0 Å². The third-order valence-electron chi connectivity index (χ3n) is 3.16. The van der Waals surface area contributed by atoms with E-state index in [1.54, 1.807) is 6.07 Å². The molecule has 1 aromatic heterocycles. The molecule has 0 radical (unpaired) electrons. The molecule has 0 saturated carbocycles. The Morgan fingerprint density at radius 2 is 1.70 bits per heavy atom. The Hall–Kier alpha value is -3.34. The first-order valence-electron chi connectivity index (χ1n) is 6.32. The fourth-order valence-corrected chi connectivity index (χ4v) is 2.08. The summed E-state index contributed by atoms with van der Waals surface area (Å²) >= 11 is 0. The lowest BCUT2D eigenvalue weighted by molar-refractivity contribution is 0.448. The summed E-state index contributed by atoms with van der Waals surface area (Å²) in [4.78, 5) is 0. The maximum atomic E-state index is 14.1. The molecule has 5 nitrogen and oxygen atoms in total. The fraction of sp³-hybridized carbons (Fsp3) is 0. The summed E-state index contributed by atoms with van der Waals surface area (Å²) in [5, 5.41) is 25.8. The first-order chi connectivity index (χ1) is 11.0. The van der Waals surface area contributed by atoms with E-state index in [0.29, 0.717) is 5.69 Å². The summed E-state index contributed by atoms with van der Waals surface area (Å²) in [5.74, 6) is -4.43. The minimum Gasteiger partial charge on any atom is -0.508 e. The summed E-state index contributed by atoms with van der Waals surface area (Å²) in [5.41, 5.74) is -0.355. The molecule has 1 heterocycles. The number of halogens is 3. The highest BCUT2D eigenvalue weighted by molar-refractivity contribution is 5.67. The first-order valence-corrected chi connectivity index (χ1v) is 6.32. The molecule has 0 spiro atoms. The molecule has 1 N–H and O–H groups in total. The number of phenolic OH excluding ortho intramolecular Hbond substituents is 1. The molecule has 114 valence electrons. The van der Waals surface area contributed by atoms with E-state index >= 15 is 0 Å². The molecule has 8 heteroatoms. The molecule has 0 aliphatic carbocycles. The smallest absolute Gasteiger partial charge is 0.195 e. The Morgan fingerprint density at radius 1 is 1.00 bits per heavy atom. The number of phenols is 1. The first kappa shape index (κ1) is 14.6. The van der Waals surface area contributed by atoms with Crippen molar-refractivity contribution < 1.29 is 18.3 Å². The van der Waals surface area contributed by atoms with Gasteiger partial charge in [0.2, 0.25) is 0 Å². The van der Waals surface area contributed by atoms with Crippen molar-refractivity contribution in [3.63, 3.8) is 0 Å². The third kappa shape index (κ3) is 2.38. The Labute approximate surface area is 127 Å². The third-order valence-corrected chi connectivity index (χ3v) is 3.16. The number of aromatic hydroxyl groups is 1. The van der Waals surface area contributed by atoms with Crippen LogP contribution < -0.4 is 0 Å². The van der Waals surface area contributed by atoms with Gasteiger partial charge < -0.3 is 5.11 Å². The molecular weight excluding hydrogens is 309 g/mol. The monoisotopic (exact) mass is 316 g/mol. The highest BCUT2D eigenvalue weighted by Crippen LogP contribution is 2.29. The number of nitrogens with zero attached hydrogens (tertiary/aromatic N) is 4. The largest absolute Gasteiger partial charge is 0.508 e. The molecule has 0 amide bonds. The van der Waals surface area contributed by atoms with Gasteiger partial charge in [-0.2, -0.15) is 5.26 Å². The second-order valence-corrected chi connectivity index (χ2v) is 4.55. The molecule has 3 aromatic rings. The number of rotatable bonds is 2. The summed E-state index contributed by atoms with van der Waals surface area (Å²) in [6, 6.07) is 9.10. The van der Waals surface area contributed by atoms with Crippen LogP contribution in [-0.4, -0.2) is 20.1 Å². The van der Waals surface area contributed by atoms with Gasteiger partial charge in [-0.05, 0) is 36.4 Å². The van der Waals surface area contributed by atoms with Crippen LogP contribution >= 0.6 is 0 Å². The second-order valence-electron chi connectivity index (χ2n) is 4.55. The molecule has 0 unspecified atom stereocenters. The van der Waals surface area contributed by atoms with E-state index < -0.39 is 17.5 Å². The quantitative estimate of drug-likeness (QED) is 0.738. The maximum Gasteiger partial charge on any atom is 0.195 e. The molecule has 0 atom stereocenters. The van der Waals surface area contributed by atoms with E-state index in [2.05, 4.69) is 10.3 Å². The van der Waals surface area contributed by atoms with Crippen LogP contribution in [0.3, 0.4) is 0 Å². The molecule has 0 aliphatic heterocycles. The lowest BCUT2D eigenvalue weighted by Gasteiger charge is -2.08. The van der Waals surface area contributed by atoms with Crippen molar-refractivity contribution in [2.75, 3.05) is 0 Å². The molecular formula is C15H7F3N4O. The van der Waals surface area contributed by atoms with Crippen LogP contribution in [0, 0.1) is 28.8 Å².